The minimum Gasteiger partial charge on any atom is -0.508 e. The highest BCUT2D eigenvalue weighted by Crippen LogP contribution is 2.69. The second-order valence-electron chi connectivity index (χ2n) is 20.7. The van der Waals surface area contributed by atoms with E-state index in [1.807, 2.05) is 67.6 Å². The number of methoxy groups -OCH3 is 2. The number of fused-ring (bicyclic) bond motifs is 5. The van der Waals surface area contributed by atoms with Crippen LogP contribution in [0.4, 0.5) is 0 Å². The first-order valence-electron chi connectivity index (χ1n) is 26.1. The highest BCUT2D eigenvalue weighted by molar-refractivity contribution is 5.98. The summed E-state index contributed by atoms with van der Waals surface area (Å²) in [4.78, 5) is 28.1. The molecule has 6 aromatic rings. The van der Waals surface area contributed by atoms with Crippen molar-refractivity contribution in [3.05, 3.63) is 154 Å². The van der Waals surface area contributed by atoms with Crippen LogP contribution in [-0.2, 0) is 49.6 Å². The van der Waals surface area contributed by atoms with Gasteiger partial charge in [-0.2, -0.15) is 0 Å². The molecule has 12 nitrogen and oxygen atoms in total. The number of ether oxygens (including phenoxy) is 5. The molecular formula is C62H67NO11. The van der Waals surface area contributed by atoms with Gasteiger partial charge in [0, 0.05) is 44.4 Å². The molecule has 0 bridgehead atoms. The normalized spacial score (nSPS) is 24.7. The second-order valence-corrected chi connectivity index (χ2v) is 20.7. The van der Waals surface area contributed by atoms with E-state index in [0.29, 0.717) is 56.9 Å². The number of aliphatic hydroxyl groups excluding tert-OH is 1. The van der Waals surface area contributed by atoms with Crippen LogP contribution in [0.15, 0.2) is 115 Å². The van der Waals surface area contributed by atoms with Crippen molar-refractivity contribution in [2.24, 2.45) is 23.2 Å². The largest absolute Gasteiger partial charge is 0.508 e. The monoisotopic (exact) mass is 1000 g/mol. The summed E-state index contributed by atoms with van der Waals surface area (Å²) in [7, 11) is 3.05. The Balaban J connectivity index is 1.04. The molecule has 2 fully saturated rings. The fourth-order valence-corrected chi connectivity index (χ4v) is 13.5. The number of esters is 2. The fourth-order valence-electron chi connectivity index (χ4n) is 13.5. The number of allylic oxidation sites excluding steroid dienone is 1. The number of aromatic hydroxyl groups is 3. The molecule has 0 radical (unpaired) electrons. The second kappa shape index (κ2) is 21.5. The van der Waals surface area contributed by atoms with Crippen LogP contribution >= 0.6 is 0 Å². The van der Waals surface area contributed by atoms with Crippen LogP contribution in [0.1, 0.15) is 90.3 Å². The van der Waals surface area contributed by atoms with Gasteiger partial charge in [0.25, 0.3) is 0 Å². The Morgan fingerprint density at radius 2 is 1.57 bits per heavy atom. The predicted octanol–water partition coefficient (Wildman–Crippen LogP) is 10.3. The zero-order chi connectivity index (χ0) is 51.7. The first kappa shape index (κ1) is 50.7. The number of benzene rings is 6. The van der Waals surface area contributed by atoms with Crippen LogP contribution in [0.3, 0.4) is 0 Å². The number of carbonyl (C=O) groups is 2. The molecular weight excluding hydrogens is 935 g/mol. The standard InChI is InChI=1S/C62H67NO11/c1-5-72-20-10-19-63-35-39-13-9-14-40(21-39)47-29-44(65)24-41-16-15-38(22-46(41)47)23-60(69)74-45-30-50-48-33-59(71-4)55(67)27-42(48)25-51-54(66)34-52-49-32-56(68)58(70-3)28-43(49)26-53(57(31-45)73-36(2)64)62(52,61(50)51)18-17-37-11-7-6-8-12-37/h6-9,11-18,21-22,24,27-29,32-33,45,50-54,57,61,63,65-68H,5,10,19-20,23,25-26,30-31,34-35H2,1-4H3/b18-17+/t45-,50+,51+,52-,53+,54-,57+,61-,62+/m0/s1. The molecule has 4 aliphatic rings. The Kier molecular flexibility index (Phi) is 14.7. The summed E-state index contributed by atoms with van der Waals surface area (Å²) in [5, 5.41) is 51.3. The van der Waals surface area contributed by atoms with Gasteiger partial charge >= 0.3 is 11.9 Å². The van der Waals surface area contributed by atoms with Crippen molar-refractivity contribution in [2.45, 2.75) is 95.5 Å². The lowest BCUT2D eigenvalue weighted by Gasteiger charge is -2.64. The first-order chi connectivity index (χ1) is 35.9. The molecule has 386 valence electrons. The van der Waals surface area contributed by atoms with Gasteiger partial charge in [-0.3, -0.25) is 9.59 Å². The van der Waals surface area contributed by atoms with Crippen molar-refractivity contribution in [2.75, 3.05) is 34.0 Å². The lowest BCUT2D eigenvalue weighted by molar-refractivity contribution is -0.175. The molecule has 5 N–H and O–H groups in total. The van der Waals surface area contributed by atoms with Crippen LogP contribution in [0, 0.1) is 23.2 Å². The maximum Gasteiger partial charge on any atom is 0.310 e. The number of rotatable bonds is 16. The highest BCUT2D eigenvalue weighted by atomic mass is 16.6. The van der Waals surface area contributed by atoms with Crippen molar-refractivity contribution in [1.29, 1.82) is 0 Å². The number of nitrogens with one attached hydrogen (secondary N) is 1. The Labute approximate surface area is 432 Å². The quantitative estimate of drug-likeness (QED) is 0.0460. The topological polar surface area (TPSA) is 173 Å². The first-order valence-corrected chi connectivity index (χ1v) is 26.1. The molecule has 6 aromatic carbocycles. The summed E-state index contributed by atoms with van der Waals surface area (Å²) in [6, 6.07) is 34.9. The van der Waals surface area contributed by atoms with E-state index < -0.39 is 35.7 Å². The number of aliphatic hydroxyl groups is 1. The van der Waals surface area contributed by atoms with E-state index in [1.165, 1.54) is 21.1 Å². The number of phenols is 3. The van der Waals surface area contributed by atoms with Crippen molar-refractivity contribution in [3.8, 4) is 39.9 Å². The molecule has 2 saturated carbocycles. The predicted molar refractivity (Wildman–Crippen MR) is 283 cm³/mol. The maximum atomic E-state index is 14.7. The van der Waals surface area contributed by atoms with Gasteiger partial charge in [-0.1, -0.05) is 72.8 Å². The van der Waals surface area contributed by atoms with E-state index in [2.05, 4.69) is 41.7 Å². The Morgan fingerprint density at radius 3 is 2.35 bits per heavy atom. The van der Waals surface area contributed by atoms with Crippen LogP contribution < -0.4 is 14.8 Å². The van der Waals surface area contributed by atoms with E-state index in [4.69, 9.17) is 23.7 Å². The molecule has 0 aromatic heterocycles. The maximum absolute atomic E-state index is 14.7. The zero-order valence-electron chi connectivity index (χ0n) is 42.6. The van der Waals surface area contributed by atoms with Gasteiger partial charge in [-0.15, -0.1) is 0 Å². The van der Waals surface area contributed by atoms with E-state index in [9.17, 15) is 30.0 Å². The van der Waals surface area contributed by atoms with Crippen LogP contribution in [-0.4, -0.2) is 84.7 Å². The Hall–Kier alpha value is -6.86. The minimum atomic E-state index is -0.790. The van der Waals surface area contributed by atoms with E-state index in [1.54, 1.807) is 24.3 Å². The molecule has 0 heterocycles. The van der Waals surface area contributed by atoms with Crippen molar-refractivity contribution < 1.29 is 53.7 Å². The molecule has 9 atom stereocenters. The summed E-state index contributed by atoms with van der Waals surface area (Å²) in [6.07, 6.45) is 4.87. The third kappa shape index (κ3) is 9.95. The third-order valence-electron chi connectivity index (χ3n) is 16.4. The molecule has 10 rings (SSSR count). The lowest BCUT2D eigenvalue weighted by Crippen LogP contribution is -2.62. The number of hydrogen-bond acceptors (Lipinski definition) is 12. The van der Waals surface area contributed by atoms with E-state index >= 15 is 0 Å². The van der Waals surface area contributed by atoms with Gasteiger partial charge in [0.15, 0.2) is 23.0 Å². The summed E-state index contributed by atoms with van der Waals surface area (Å²) >= 11 is 0. The minimum absolute atomic E-state index is 0.00601. The van der Waals surface area contributed by atoms with Gasteiger partial charge in [0.1, 0.15) is 18.0 Å². The van der Waals surface area contributed by atoms with Gasteiger partial charge in [0.2, 0.25) is 0 Å². The number of phenolic OH excluding ortho intramolecular Hbond substituents is 3. The fraction of sp³-hybridized carbons (Fsp3) is 0.387. The van der Waals surface area contributed by atoms with Crippen LogP contribution in [0.25, 0.3) is 28.0 Å². The van der Waals surface area contributed by atoms with Gasteiger partial charge in [-0.05, 0) is 179 Å². The molecule has 0 amide bonds. The average molecular weight is 1000 g/mol. The summed E-state index contributed by atoms with van der Waals surface area (Å²) < 4.78 is 30.1. The number of carbonyl (C=O) groups excluding carboxylic acids is 2. The molecule has 0 spiro atoms. The number of hydrogen-bond donors (Lipinski definition) is 5. The van der Waals surface area contributed by atoms with Crippen LogP contribution in [0.2, 0.25) is 0 Å². The average Bonchev–Trinajstić information content (AvgIpc) is 3.42. The Bertz CT molecular complexity index is 3060. The van der Waals surface area contributed by atoms with Crippen molar-refractivity contribution >= 4 is 28.8 Å². The molecule has 4 aliphatic carbocycles. The highest BCUT2D eigenvalue weighted by Gasteiger charge is 2.65. The van der Waals surface area contributed by atoms with Crippen LogP contribution in [0.5, 0.6) is 28.7 Å². The van der Waals surface area contributed by atoms with Gasteiger partial charge in [0.05, 0.1) is 26.7 Å². The smallest absolute Gasteiger partial charge is 0.310 e. The van der Waals surface area contributed by atoms with Gasteiger partial charge < -0.3 is 49.4 Å². The summed E-state index contributed by atoms with van der Waals surface area (Å²) in [5.41, 5.74) is 7.50. The molecule has 0 aliphatic heterocycles. The summed E-state index contributed by atoms with van der Waals surface area (Å²) in [6.45, 7) is 6.32. The molecule has 0 saturated heterocycles. The molecule has 74 heavy (non-hydrogen) atoms. The van der Waals surface area contributed by atoms with Crippen molar-refractivity contribution in [1.82, 2.24) is 5.32 Å². The Morgan fingerprint density at radius 1 is 0.784 bits per heavy atom. The van der Waals surface area contributed by atoms with Gasteiger partial charge in [-0.25, -0.2) is 0 Å². The SMILES string of the molecule is CCOCCCNCc1cccc(-c2cc(O)cc3ccc(CC(=O)O[C@H]4C[C@@H]5c6cc(OC)c(O)cc6C[C@H]6[C@H]5[C@@]5(/C=C/c7ccccc7)[C@H](Cc7cc(OC)c(O)cc7[C@@H]5C[C@@H]6O)[C@H](OC(C)=O)C4)cc23)c1. The summed E-state index contributed by atoms with van der Waals surface area (Å²) in [5.74, 6) is -1.77. The molecule has 0 unspecified atom stereocenters. The molecule has 12 heteroatoms. The lowest BCUT2D eigenvalue weighted by atomic mass is 9.40. The van der Waals surface area contributed by atoms with E-state index in [-0.39, 0.29) is 59.7 Å². The van der Waals surface area contributed by atoms with E-state index in [0.717, 1.165) is 73.8 Å². The third-order valence-corrected chi connectivity index (χ3v) is 16.4. The van der Waals surface area contributed by atoms with Crippen molar-refractivity contribution in [3.63, 3.8) is 0 Å². The zero-order valence-corrected chi connectivity index (χ0v) is 42.6.